The standard InChI is InChI=1S/C14H21NO2S/c1-4-8-15-13(14(16)17-3)10-18-12-7-5-6-11(2)9-12/h5-7,9,13,15H,4,8,10H2,1-3H3. The minimum Gasteiger partial charge on any atom is -0.468 e. The van der Waals surface area contributed by atoms with E-state index >= 15 is 0 Å². The number of ether oxygens (including phenoxy) is 1. The Kier molecular flexibility index (Phi) is 6.83. The molecule has 1 unspecified atom stereocenters. The molecule has 0 saturated heterocycles. The lowest BCUT2D eigenvalue weighted by Gasteiger charge is -2.15. The van der Waals surface area contributed by atoms with Crippen LogP contribution in [0.1, 0.15) is 18.9 Å². The fourth-order valence-electron chi connectivity index (χ4n) is 1.56. The highest BCUT2D eigenvalue weighted by atomic mass is 32.2. The summed E-state index contributed by atoms with van der Waals surface area (Å²) in [5, 5.41) is 3.21. The molecule has 0 radical (unpaired) electrons. The van der Waals surface area contributed by atoms with Gasteiger partial charge in [0.05, 0.1) is 7.11 Å². The summed E-state index contributed by atoms with van der Waals surface area (Å²) in [7, 11) is 1.43. The molecule has 0 saturated carbocycles. The van der Waals surface area contributed by atoms with Crippen molar-refractivity contribution in [1.29, 1.82) is 0 Å². The first-order chi connectivity index (χ1) is 8.67. The van der Waals surface area contributed by atoms with Gasteiger partial charge >= 0.3 is 5.97 Å². The highest BCUT2D eigenvalue weighted by molar-refractivity contribution is 7.99. The summed E-state index contributed by atoms with van der Waals surface area (Å²) < 4.78 is 4.81. The van der Waals surface area contributed by atoms with Crippen molar-refractivity contribution in [1.82, 2.24) is 5.32 Å². The third kappa shape index (κ3) is 5.10. The quantitative estimate of drug-likeness (QED) is 0.609. The average molecular weight is 267 g/mol. The third-order valence-corrected chi connectivity index (χ3v) is 3.62. The van der Waals surface area contributed by atoms with E-state index in [1.807, 2.05) is 6.07 Å². The zero-order valence-electron chi connectivity index (χ0n) is 11.2. The fraction of sp³-hybridized carbons (Fsp3) is 0.500. The van der Waals surface area contributed by atoms with Gasteiger partial charge in [-0.25, -0.2) is 0 Å². The normalized spacial score (nSPS) is 12.2. The van der Waals surface area contributed by atoms with E-state index in [1.165, 1.54) is 17.6 Å². The van der Waals surface area contributed by atoms with E-state index < -0.39 is 0 Å². The van der Waals surface area contributed by atoms with Gasteiger partial charge in [0.25, 0.3) is 0 Å². The largest absolute Gasteiger partial charge is 0.468 e. The molecule has 0 aromatic heterocycles. The van der Waals surface area contributed by atoms with Gasteiger partial charge in [0.2, 0.25) is 0 Å². The number of methoxy groups -OCH3 is 1. The Hall–Kier alpha value is -1.00. The molecule has 0 fully saturated rings. The number of aryl methyl sites for hydroxylation is 1. The van der Waals surface area contributed by atoms with E-state index in [9.17, 15) is 4.79 Å². The minimum atomic E-state index is -0.236. The van der Waals surface area contributed by atoms with Crippen LogP contribution in [0, 0.1) is 6.92 Å². The molecule has 18 heavy (non-hydrogen) atoms. The van der Waals surface area contributed by atoms with Gasteiger partial charge in [-0.15, -0.1) is 11.8 Å². The molecule has 1 rings (SSSR count). The van der Waals surface area contributed by atoms with E-state index in [-0.39, 0.29) is 12.0 Å². The molecule has 3 nitrogen and oxygen atoms in total. The van der Waals surface area contributed by atoms with Gasteiger partial charge in [-0.2, -0.15) is 0 Å². The van der Waals surface area contributed by atoms with Gasteiger partial charge in [0.15, 0.2) is 0 Å². The number of benzene rings is 1. The molecular formula is C14H21NO2S. The van der Waals surface area contributed by atoms with Crippen molar-refractivity contribution in [2.45, 2.75) is 31.2 Å². The van der Waals surface area contributed by atoms with Gasteiger partial charge in [-0.1, -0.05) is 24.6 Å². The Morgan fingerprint density at radius 1 is 1.50 bits per heavy atom. The van der Waals surface area contributed by atoms with Crippen LogP contribution in [0.2, 0.25) is 0 Å². The number of carbonyl (C=O) groups excluding carboxylic acids is 1. The first-order valence-electron chi connectivity index (χ1n) is 6.18. The summed E-state index contributed by atoms with van der Waals surface area (Å²) in [5.74, 6) is 0.499. The average Bonchev–Trinajstić information content (AvgIpc) is 2.38. The second-order valence-corrected chi connectivity index (χ2v) is 5.25. The predicted octanol–water partition coefficient (Wildman–Crippen LogP) is 2.63. The summed E-state index contributed by atoms with van der Waals surface area (Å²) in [6, 6.07) is 8.05. The highest BCUT2D eigenvalue weighted by Gasteiger charge is 2.18. The lowest BCUT2D eigenvalue weighted by molar-refractivity contribution is -0.142. The topological polar surface area (TPSA) is 38.3 Å². The van der Waals surface area contributed by atoms with Gasteiger partial charge in [0.1, 0.15) is 6.04 Å². The van der Waals surface area contributed by atoms with Crippen LogP contribution in [0.3, 0.4) is 0 Å². The molecule has 0 heterocycles. The van der Waals surface area contributed by atoms with Gasteiger partial charge < -0.3 is 10.1 Å². The van der Waals surface area contributed by atoms with Crippen molar-refractivity contribution in [3.05, 3.63) is 29.8 Å². The van der Waals surface area contributed by atoms with Crippen LogP contribution < -0.4 is 5.32 Å². The first kappa shape index (κ1) is 15.1. The predicted molar refractivity (Wildman–Crippen MR) is 76.0 cm³/mol. The van der Waals surface area contributed by atoms with Crippen LogP contribution in [0.25, 0.3) is 0 Å². The Morgan fingerprint density at radius 3 is 2.89 bits per heavy atom. The van der Waals surface area contributed by atoms with Crippen LogP contribution in [-0.2, 0) is 9.53 Å². The number of rotatable bonds is 7. The van der Waals surface area contributed by atoms with Gasteiger partial charge in [-0.3, -0.25) is 4.79 Å². The van der Waals surface area contributed by atoms with Crippen LogP contribution >= 0.6 is 11.8 Å². The molecule has 1 atom stereocenters. The van der Waals surface area contributed by atoms with Crippen molar-refractivity contribution < 1.29 is 9.53 Å². The maximum absolute atomic E-state index is 11.6. The SMILES string of the molecule is CCCNC(CSc1cccc(C)c1)C(=O)OC. The molecule has 0 aliphatic carbocycles. The zero-order valence-corrected chi connectivity index (χ0v) is 12.0. The monoisotopic (exact) mass is 267 g/mol. The highest BCUT2D eigenvalue weighted by Crippen LogP contribution is 2.20. The molecule has 1 N–H and O–H groups in total. The number of hydrogen-bond donors (Lipinski definition) is 1. The minimum absolute atomic E-state index is 0.191. The second kappa shape index (κ2) is 8.16. The molecule has 0 bridgehead atoms. The fourth-order valence-corrected chi connectivity index (χ4v) is 2.61. The van der Waals surface area contributed by atoms with E-state index in [2.05, 4.69) is 37.4 Å². The van der Waals surface area contributed by atoms with Gasteiger partial charge in [0, 0.05) is 10.6 Å². The second-order valence-electron chi connectivity index (χ2n) is 4.16. The lowest BCUT2D eigenvalue weighted by atomic mass is 10.2. The van der Waals surface area contributed by atoms with Crippen LogP contribution in [-0.4, -0.2) is 31.4 Å². The van der Waals surface area contributed by atoms with Crippen molar-refractivity contribution in [3.63, 3.8) is 0 Å². The molecule has 1 aromatic rings. The smallest absolute Gasteiger partial charge is 0.323 e. The molecule has 1 aromatic carbocycles. The number of hydrogen-bond acceptors (Lipinski definition) is 4. The van der Waals surface area contributed by atoms with Crippen molar-refractivity contribution in [2.24, 2.45) is 0 Å². The summed E-state index contributed by atoms with van der Waals surface area (Å²) in [6.45, 7) is 4.97. The van der Waals surface area contributed by atoms with Crippen molar-refractivity contribution in [2.75, 3.05) is 19.4 Å². The number of thioether (sulfide) groups is 1. The third-order valence-electron chi connectivity index (χ3n) is 2.53. The summed E-state index contributed by atoms with van der Waals surface area (Å²) >= 11 is 1.67. The molecule has 4 heteroatoms. The Labute approximate surface area is 113 Å². The van der Waals surface area contributed by atoms with Crippen LogP contribution in [0.15, 0.2) is 29.2 Å². The Bertz CT molecular complexity index is 382. The number of nitrogens with one attached hydrogen (secondary N) is 1. The molecule has 0 amide bonds. The Balaban J connectivity index is 2.53. The molecule has 0 spiro atoms. The van der Waals surface area contributed by atoms with Gasteiger partial charge in [-0.05, 0) is 32.0 Å². The number of esters is 1. The van der Waals surface area contributed by atoms with Crippen molar-refractivity contribution in [3.8, 4) is 0 Å². The summed E-state index contributed by atoms with van der Waals surface area (Å²) in [6.07, 6.45) is 1.00. The summed E-state index contributed by atoms with van der Waals surface area (Å²) in [4.78, 5) is 12.8. The van der Waals surface area contributed by atoms with E-state index in [1.54, 1.807) is 11.8 Å². The lowest BCUT2D eigenvalue weighted by Crippen LogP contribution is -2.40. The number of carbonyl (C=O) groups is 1. The van der Waals surface area contributed by atoms with E-state index in [0.29, 0.717) is 5.75 Å². The maximum atomic E-state index is 11.6. The molecule has 100 valence electrons. The van der Waals surface area contributed by atoms with Crippen molar-refractivity contribution >= 4 is 17.7 Å². The summed E-state index contributed by atoms with van der Waals surface area (Å²) in [5.41, 5.74) is 1.23. The van der Waals surface area contributed by atoms with Crippen LogP contribution in [0.4, 0.5) is 0 Å². The molecule has 0 aliphatic rings. The van der Waals surface area contributed by atoms with E-state index in [0.717, 1.165) is 13.0 Å². The Morgan fingerprint density at radius 2 is 2.28 bits per heavy atom. The molecule has 0 aliphatic heterocycles. The van der Waals surface area contributed by atoms with E-state index in [4.69, 9.17) is 4.74 Å². The molecular weight excluding hydrogens is 246 g/mol. The zero-order chi connectivity index (χ0) is 13.4. The van der Waals surface area contributed by atoms with Crippen LogP contribution in [0.5, 0.6) is 0 Å². The first-order valence-corrected chi connectivity index (χ1v) is 7.16. The maximum Gasteiger partial charge on any atom is 0.323 e.